The van der Waals surface area contributed by atoms with E-state index in [-0.39, 0.29) is 6.10 Å². The first-order chi connectivity index (χ1) is 9.66. The van der Waals surface area contributed by atoms with Crippen LogP contribution < -0.4 is 5.73 Å². The lowest BCUT2D eigenvalue weighted by molar-refractivity contribution is -0.159. The Bertz CT molecular complexity index is 578. The second kappa shape index (κ2) is 5.69. The summed E-state index contributed by atoms with van der Waals surface area (Å²) in [4.78, 5) is 0. The summed E-state index contributed by atoms with van der Waals surface area (Å²) >= 11 is 2.98. The Morgan fingerprint density at radius 2 is 2.20 bits per heavy atom. The molecular weight excluding hydrogens is 294 g/mol. The molecule has 5 nitrogen and oxygen atoms in total. The van der Waals surface area contributed by atoms with Crippen LogP contribution in [0.5, 0.6) is 0 Å². The minimum atomic E-state index is -0.660. The summed E-state index contributed by atoms with van der Waals surface area (Å²) in [5.74, 6) is 0.115. The van der Waals surface area contributed by atoms with E-state index in [1.54, 1.807) is 11.8 Å². The highest BCUT2D eigenvalue weighted by atomic mass is 32.2. The first-order valence-corrected chi connectivity index (χ1v) is 8.05. The van der Waals surface area contributed by atoms with Crippen molar-refractivity contribution in [3.8, 4) is 0 Å². The third-order valence-corrected chi connectivity index (χ3v) is 5.07. The summed E-state index contributed by atoms with van der Waals surface area (Å²) in [5, 5.41) is 8.26. The summed E-state index contributed by atoms with van der Waals surface area (Å²) in [6.07, 6.45) is 0.0373. The molecule has 0 aliphatic carbocycles. The van der Waals surface area contributed by atoms with Gasteiger partial charge in [-0.1, -0.05) is 53.4 Å². The quantitative estimate of drug-likeness (QED) is 0.875. The molecule has 0 bridgehead atoms. The molecule has 0 saturated carbocycles. The van der Waals surface area contributed by atoms with E-state index >= 15 is 0 Å². The van der Waals surface area contributed by atoms with Gasteiger partial charge in [-0.2, -0.15) is 0 Å². The summed E-state index contributed by atoms with van der Waals surface area (Å²) < 4.78 is 12.7. The van der Waals surface area contributed by atoms with Crippen molar-refractivity contribution in [1.29, 1.82) is 0 Å². The number of nitrogens with zero attached hydrogens (tertiary/aromatic N) is 2. The smallest absolute Gasteiger partial charge is 0.203 e. The number of anilines is 1. The van der Waals surface area contributed by atoms with Gasteiger partial charge in [0.15, 0.2) is 10.1 Å². The topological polar surface area (TPSA) is 70.3 Å². The zero-order chi connectivity index (χ0) is 14.0. The number of aromatic nitrogens is 2. The van der Waals surface area contributed by atoms with Gasteiger partial charge >= 0.3 is 0 Å². The number of ether oxygens (including phenoxy) is 2. The van der Waals surface area contributed by atoms with Crippen LogP contribution in [0.2, 0.25) is 0 Å². The lowest BCUT2D eigenvalue weighted by atomic mass is 10.1. The SMILES string of the molecule is CC1(c2ccccc2)OCC(CSc2nnc(N)s2)O1. The molecule has 0 radical (unpaired) electrons. The summed E-state index contributed by atoms with van der Waals surface area (Å²) in [6.45, 7) is 2.53. The van der Waals surface area contributed by atoms with Crippen LogP contribution in [-0.2, 0) is 15.3 Å². The van der Waals surface area contributed by atoms with Gasteiger partial charge in [0.25, 0.3) is 0 Å². The highest BCUT2D eigenvalue weighted by Crippen LogP contribution is 2.35. The maximum atomic E-state index is 6.05. The first kappa shape index (κ1) is 13.8. The molecule has 106 valence electrons. The van der Waals surface area contributed by atoms with Crippen molar-refractivity contribution < 1.29 is 9.47 Å². The number of rotatable bonds is 4. The van der Waals surface area contributed by atoms with Crippen LogP contribution in [0, 0.1) is 0 Å². The lowest BCUT2D eigenvalue weighted by Crippen LogP contribution is -2.24. The fraction of sp³-hybridized carbons (Fsp3) is 0.385. The minimum Gasteiger partial charge on any atom is -0.374 e. The predicted octanol–water partition coefficient (Wildman–Crippen LogP) is 2.50. The molecule has 1 aliphatic rings. The van der Waals surface area contributed by atoms with E-state index < -0.39 is 5.79 Å². The van der Waals surface area contributed by atoms with E-state index in [4.69, 9.17) is 15.2 Å². The largest absolute Gasteiger partial charge is 0.374 e. The highest BCUT2D eigenvalue weighted by Gasteiger charge is 2.38. The third kappa shape index (κ3) is 2.95. The van der Waals surface area contributed by atoms with Gasteiger partial charge in [-0.3, -0.25) is 0 Å². The summed E-state index contributed by atoms with van der Waals surface area (Å²) in [7, 11) is 0. The van der Waals surface area contributed by atoms with E-state index in [2.05, 4.69) is 10.2 Å². The molecule has 2 heterocycles. The van der Waals surface area contributed by atoms with Crippen LogP contribution in [0.15, 0.2) is 34.7 Å². The van der Waals surface area contributed by atoms with E-state index in [1.807, 2.05) is 37.3 Å². The van der Waals surface area contributed by atoms with Crippen LogP contribution in [0.3, 0.4) is 0 Å². The molecule has 1 aromatic heterocycles. The van der Waals surface area contributed by atoms with Crippen LogP contribution in [0.1, 0.15) is 12.5 Å². The lowest BCUT2D eigenvalue weighted by Gasteiger charge is -2.23. The molecule has 1 aromatic carbocycles. The number of nitrogens with two attached hydrogens (primary N) is 1. The normalized spacial score (nSPS) is 25.9. The van der Waals surface area contributed by atoms with Crippen molar-refractivity contribution in [3.05, 3.63) is 35.9 Å². The van der Waals surface area contributed by atoms with E-state index in [0.717, 1.165) is 15.7 Å². The molecular formula is C13H15N3O2S2. The molecule has 2 N–H and O–H groups in total. The fourth-order valence-electron chi connectivity index (χ4n) is 2.06. The zero-order valence-corrected chi connectivity index (χ0v) is 12.6. The van der Waals surface area contributed by atoms with E-state index in [1.165, 1.54) is 11.3 Å². The van der Waals surface area contributed by atoms with Crippen molar-refractivity contribution in [2.24, 2.45) is 0 Å². The second-order valence-corrected chi connectivity index (χ2v) is 6.86. The van der Waals surface area contributed by atoms with Crippen LogP contribution in [0.25, 0.3) is 0 Å². The molecule has 2 atom stereocenters. The standard InChI is InChI=1S/C13H15N3O2S2/c1-13(9-5-3-2-4-6-9)17-7-10(18-13)8-19-12-16-15-11(14)20-12/h2-6,10H,7-8H2,1H3,(H2,14,15). The van der Waals surface area contributed by atoms with Gasteiger partial charge in [0, 0.05) is 11.3 Å². The van der Waals surface area contributed by atoms with Gasteiger partial charge in [-0.25, -0.2) is 0 Å². The van der Waals surface area contributed by atoms with Gasteiger partial charge in [-0.15, -0.1) is 10.2 Å². The molecule has 7 heteroatoms. The molecule has 3 rings (SSSR count). The molecule has 2 unspecified atom stereocenters. The monoisotopic (exact) mass is 309 g/mol. The predicted molar refractivity (Wildman–Crippen MR) is 79.7 cm³/mol. The summed E-state index contributed by atoms with van der Waals surface area (Å²) in [5.41, 5.74) is 6.59. The number of benzene rings is 1. The van der Waals surface area contributed by atoms with Crippen molar-refractivity contribution in [2.75, 3.05) is 18.1 Å². The van der Waals surface area contributed by atoms with Gasteiger partial charge in [-0.05, 0) is 6.92 Å². The Kier molecular flexibility index (Phi) is 3.93. The van der Waals surface area contributed by atoms with E-state index in [0.29, 0.717) is 11.7 Å². The number of nitrogen functional groups attached to an aromatic ring is 1. The Morgan fingerprint density at radius 3 is 2.90 bits per heavy atom. The Morgan fingerprint density at radius 1 is 1.40 bits per heavy atom. The Balaban J connectivity index is 1.59. The number of thioether (sulfide) groups is 1. The van der Waals surface area contributed by atoms with Crippen LogP contribution in [-0.4, -0.2) is 28.7 Å². The van der Waals surface area contributed by atoms with Crippen molar-refractivity contribution in [2.45, 2.75) is 23.2 Å². The summed E-state index contributed by atoms with van der Waals surface area (Å²) in [6, 6.07) is 9.98. The van der Waals surface area contributed by atoms with Crippen molar-refractivity contribution >= 4 is 28.2 Å². The maximum Gasteiger partial charge on any atom is 0.203 e. The van der Waals surface area contributed by atoms with Crippen molar-refractivity contribution in [1.82, 2.24) is 10.2 Å². The van der Waals surface area contributed by atoms with Gasteiger partial charge in [0.2, 0.25) is 5.13 Å². The Labute approximate surface area is 125 Å². The fourth-order valence-corrected chi connectivity index (χ4v) is 3.68. The zero-order valence-electron chi connectivity index (χ0n) is 11.0. The molecule has 2 aromatic rings. The third-order valence-electron chi connectivity index (χ3n) is 3.05. The molecule has 1 fully saturated rings. The molecule has 0 spiro atoms. The van der Waals surface area contributed by atoms with Gasteiger partial charge in [0.1, 0.15) is 0 Å². The molecule has 1 saturated heterocycles. The number of hydrogen-bond donors (Lipinski definition) is 1. The van der Waals surface area contributed by atoms with Crippen LogP contribution >= 0.6 is 23.1 Å². The Hall–Kier alpha value is -1.15. The molecule has 0 amide bonds. The average Bonchev–Trinajstić information content (AvgIpc) is 3.05. The van der Waals surface area contributed by atoms with Gasteiger partial charge < -0.3 is 15.2 Å². The first-order valence-electron chi connectivity index (χ1n) is 6.25. The highest BCUT2D eigenvalue weighted by molar-refractivity contribution is 8.01. The number of hydrogen-bond acceptors (Lipinski definition) is 7. The second-order valence-electron chi connectivity index (χ2n) is 4.58. The average molecular weight is 309 g/mol. The molecule has 20 heavy (non-hydrogen) atoms. The minimum absolute atomic E-state index is 0.0373. The molecule has 1 aliphatic heterocycles. The van der Waals surface area contributed by atoms with Crippen molar-refractivity contribution in [3.63, 3.8) is 0 Å². The van der Waals surface area contributed by atoms with Gasteiger partial charge in [0.05, 0.1) is 12.7 Å². The van der Waals surface area contributed by atoms with Crippen LogP contribution in [0.4, 0.5) is 5.13 Å². The van der Waals surface area contributed by atoms with E-state index in [9.17, 15) is 0 Å². The maximum absolute atomic E-state index is 6.05.